The molecule has 0 aromatic rings. The molecule has 6 atom stereocenters. The second kappa shape index (κ2) is 64.4. The molecule has 0 aliphatic heterocycles. The van der Waals surface area contributed by atoms with Crippen molar-refractivity contribution in [2.45, 2.75) is 387 Å². The predicted octanol–water partition coefficient (Wildman–Crippen LogP) is 20.5. The molecule has 17 nitrogen and oxygen atoms in total. The van der Waals surface area contributed by atoms with Crippen LogP contribution >= 0.6 is 15.6 Å². The molecule has 0 aliphatic rings. The first-order valence-corrected chi connectivity index (χ1v) is 40.2. The lowest BCUT2D eigenvalue weighted by molar-refractivity contribution is -0.161. The summed E-state index contributed by atoms with van der Waals surface area (Å²) in [5, 5.41) is 10.6. The summed E-state index contributed by atoms with van der Waals surface area (Å²) in [6.45, 7) is 7.26. The zero-order valence-corrected chi connectivity index (χ0v) is 60.1. The van der Waals surface area contributed by atoms with Crippen molar-refractivity contribution in [1.29, 1.82) is 0 Å². The molecule has 90 heavy (non-hydrogen) atoms. The number of unbranched alkanes of at least 4 members (excludes halogenated alkanes) is 42. The van der Waals surface area contributed by atoms with E-state index in [2.05, 4.69) is 34.6 Å². The Kier molecular flexibility index (Phi) is 63.0. The Hall–Kier alpha value is -1.94. The van der Waals surface area contributed by atoms with Gasteiger partial charge in [0, 0.05) is 25.7 Å². The average molecular weight is 1330 g/mol. The van der Waals surface area contributed by atoms with Gasteiger partial charge in [-0.05, 0) is 31.6 Å². The van der Waals surface area contributed by atoms with E-state index in [9.17, 15) is 43.2 Å². The van der Waals surface area contributed by atoms with E-state index in [1.54, 1.807) is 0 Å². The van der Waals surface area contributed by atoms with Crippen LogP contribution in [0.3, 0.4) is 0 Å². The van der Waals surface area contributed by atoms with Crippen LogP contribution in [0.5, 0.6) is 0 Å². The Morgan fingerprint density at radius 2 is 0.533 bits per heavy atom. The van der Waals surface area contributed by atoms with Crippen molar-refractivity contribution in [3.8, 4) is 0 Å². The van der Waals surface area contributed by atoms with Crippen molar-refractivity contribution in [3.63, 3.8) is 0 Å². The normalized spacial score (nSPS) is 14.4. The van der Waals surface area contributed by atoms with E-state index in [0.29, 0.717) is 25.7 Å². The lowest BCUT2D eigenvalue weighted by Crippen LogP contribution is -2.30. The van der Waals surface area contributed by atoms with Crippen LogP contribution in [0.2, 0.25) is 0 Å². The van der Waals surface area contributed by atoms with E-state index in [1.807, 2.05) is 0 Å². The first-order chi connectivity index (χ1) is 43.6. The van der Waals surface area contributed by atoms with Crippen LogP contribution < -0.4 is 0 Å². The molecular formula is C71H138O17P2. The van der Waals surface area contributed by atoms with Crippen LogP contribution in [0.1, 0.15) is 369 Å². The Morgan fingerprint density at radius 3 is 0.789 bits per heavy atom. The fraction of sp³-hybridized carbons (Fsp3) is 0.944. The highest BCUT2D eigenvalue weighted by atomic mass is 31.2. The fourth-order valence-corrected chi connectivity index (χ4v) is 12.4. The van der Waals surface area contributed by atoms with Crippen molar-refractivity contribution in [2.75, 3.05) is 39.6 Å². The van der Waals surface area contributed by atoms with Gasteiger partial charge in [-0.2, -0.15) is 0 Å². The van der Waals surface area contributed by atoms with Crippen molar-refractivity contribution in [3.05, 3.63) is 0 Å². The summed E-state index contributed by atoms with van der Waals surface area (Å²) in [5.41, 5.74) is 0. The van der Waals surface area contributed by atoms with Crippen molar-refractivity contribution in [1.82, 2.24) is 0 Å². The maximum Gasteiger partial charge on any atom is 0.472 e. The molecular weight excluding hydrogens is 1190 g/mol. The third-order valence-electron chi connectivity index (χ3n) is 16.9. The quantitative estimate of drug-likeness (QED) is 0.0222. The zero-order valence-electron chi connectivity index (χ0n) is 58.3. The monoisotopic (exact) mass is 1320 g/mol. The summed E-state index contributed by atoms with van der Waals surface area (Å²) < 4.78 is 68.2. The van der Waals surface area contributed by atoms with Gasteiger partial charge in [-0.3, -0.25) is 37.3 Å². The summed E-state index contributed by atoms with van der Waals surface area (Å²) in [6, 6.07) is 0. The molecule has 0 rings (SSSR count). The Labute approximate surface area is 549 Å². The molecule has 0 aliphatic carbocycles. The second-order valence-corrected chi connectivity index (χ2v) is 28.8. The van der Waals surface area contributed by atoms with Gasteiger partial charge in [0.05, 0.1) is 26.4 Å². The summed E-state index contributed by atoms with van der Waals surface area (Å²) in [7, 11) is -9.89. The molecule has 3 unspecified atom stereocenters. The number of esters is 4. The number of carbonyl (C=O) groups is 4. The Bertz CT molecular complexity index is 1740. The van der Waals surface area contributed by atoms with Gasteiger partial charge in [0.25, 0.3) is 0 Å². The maximum atomic E-state index is 13.0. The largest absolute Gasteiger partial charge is 0.472 e. The van der Waals surface area contributed by atoms with Gasteiger partial charge in [0.1, 0.15) is 19.3 Å². The highest BCUT2D eigenvalue weighted by Crippen LogP contribution is 2.45. The SMILES string of the molecule is CCCCCCCCCCCCCCCCCC(=O)OC[C@H](COP(=O)(O)OC[C@@H](O)COP(=O)(O)OC[C@@H](COC(=O)CCCCCCCCC)OC(=O)CCCCCCCCCCCC)OC(=O)CCCCCCCCCCCCCCCCC(C)CC. The number of aliphatic hydroxyl groups excluding tert-OH is 1. The van der Waals surface area contributed by atoms with E-state index >= 15 is 0 Å². The number of phosphoric ester groups is 2. The van der Waals surface area contributed by atoms with Gasteiger partial charge in [0.2, 0.25) is 0 Å². The number of hydrogen-bond donors (Lipinski definition) is 3. The summed E-state index contributed by atoms with van der Waals surface area (Å²) >= 11 is 0. The predicted molar refractivity (Wildman–Crippen MR) is 363 cm³/mol. The van der Waals surface area contributed by atoms with Crippen molar-refractivity contribution in [2.24, 2.45) is 5.92 Å². The van der Waals surface area contributed by atoms with Crippen LogP contribution in [0, 0.1) is 5.92 Å². The summed E-state index contributed by atoms with van der Waals surface area (Å²) in [4.78, 5) is 72.4. The highest BCUT2D eigenvalue weighted by Gasteiger charge is 2.30. The Balaban J connectivity index is 5.19. The van der Waals surface area contributed by atoms with E-state index in [-0.39, 0.29) is 25.7 Å². The number of hydrogen-bond acceptors (Lipinski definition) is 15. The molecule has 0 fully saturated rings. The van der Waals surface area contributed by atoms with E-state index in [0.717, 1.165) is 109 Å². The third kappa shape index (κ3) is 63.5. The van der Waals surface area contributed by atoms with Crippen molar-refractivity contribution >= 4 is 39.5 Å². The number of ether oxygens (including phenoxy) is 4. The standard InChI is InChI=1S/C71H138O17P2/c1-6-10-13-16-19-21-23-24-25-29-32-36-40-45-50-55-69(74)82-61-67(88-71(76)57-52-47-42-37-33-30-27-26-28-31-34-39-43-48-53-64(5)9-4)63-86-90(79,80)84-59-65(72)58-83-89(77,78)85-62-66(60-81-68(73)54-49-44-38-18-15-12-8-3)87-70(75)56-51-46-41-35-22-20-17-14-11-7-2/h64-67,72H,6-63H2,1-5H3,(H,77,78)(H,79,80)/t64?,65-,66+,67+/m0/s1. The molecule has 19 heteroatoms. The number of aliphatic hydroxyl groups is 1. The molecule has 0 saturated heterocycles. The van der Waals surface area contributed by atoms with Crippen molar-refractivity contribution < 1.29 is 80.2 Å². The minimum absolute atomic E-state index is 0.106. The molecule has 0 aromatic carbocycles. The van der Waals surface area contributed by atoms with E-state index in [4.69, 9.17) is 37.0 Å². The molecule has 0 amide bonds. The van der Waals surface area contributed by atoms with Crippen LogP contribution in [-0.4, -0.2) is 96.7 Å². The van der Waals surface area contributed by atoms with Crippen LogP contribution in [-0.2, 0) is 65.4 Å². The minimum atomic E-state index is -4.95. The Morgan fingerprint density at radius 1 is 0.311 bits per heavy atom. The molecule has 0 aromatic heterocycles. The second-order valence-electron chi connectivity index (χ2n) is 25.9. The molecule has 0 bridgehead atoms. The van der Waals surface area contributed by atoms with Gasteiger partial charge in [0.15, 0.2) is 12.2 Å². The fourth-order valence-electron chi connectivity index (χ4n) is 10.8. The number of phosphoric acid groups is 2. The molecule has 0 heterocycles. The smallest absolute Gasteiger partial charge is 0.462 e. The zero-order chi connectivity index (χ0) is 66.3. The van der Waals surface area contributed by atoms with Gasteiger partial charge < -0.3 is 33.8 Å². The van der Waals surface area contributed by atoms with Gasteiger partial charge in [-0.15, -0.1) is 0 Å². The van der Waals surface area contributed by atoms with E-state index < -0.39 is 97.5 Å². The molecule has 0 radical (unpaired) electrons. The first kappa shape index (κ1) is 88.1. The number of rotatable bonds is 71. The molecule has 534 valence electrons. The van der Waals surface area contributed by atoms with E-state index in [1.165, 1.54) is 180 Å². The minimum Gasteiger partial charge on any atom is -0.462 e. The highest BCUT2D eigenvalue weighted by molar-refractivity contribution is 7.47. The van der Waals surface area contributed by atoms with Gasteiger partial charge >= 0.3 is 39.5 Å². The van der Waals surface area contributed by atoms with Gasteiger partial charge in [-0.1, -0.05) is 317 Å². The summed E-state index contributed by atoms with van der Waals surface area (Å²) in [5.74, 6) is -1.28. The first-order valence-electron chi connectivity index (χ1n) is 37.2. The third-order valence-corrected chi connectivity index (χ3v) is 18.8. The molecule has 0 saturated carbocycles. The maximum absolute atomic E-state index is 13.0. The lowest BCUT2D eigenvalue weighted by Gasteiger charge is -2.21. The summed E-state index contributed by atoms with van der Waals surface area (Å²) in [6.07, 6.45) is 51.3. The van der Waals surface area contributed by atoms with Crippen LogP contribution in [0.4, 0.5) is 0 Å². The molecule has 0 spiro atoms. The topological polar surface area (TPSA) is 237 Å². The van der Waals surface area contributed by atoms with Crippen LogP contribution in [0.25, 0.3) is 0 Å². The average Bonchev–Trinajstić information content (AvgIpc) is 2.09. The molecule has 3 N–H and O–H groups in total. The van der Waals surface area contributed by atoms with Gasteiger partial charge in [-0.25, -0.2) is 9.13 Å². The van der Waals surface area contributed by atoms with Crippen LogP contribution in [0.15, 0.2) is 0 Å². The lowest BCUT2D eigenvalue weighted by atomic mass is 9.99. The number of carbonyl (C=O) groups excluding carboxylic acids is 4.